The van der Waals surface area contributed by atoms with Crippen LogP contribution in [-0.4, -0.2) is 38.3 Å². The van der Waals surface area contributed by atoms with Gasteiger partial charge in [0.05, 0.1) is 25.9 Å². The van der Waals surface area contributed by atoms with Crippen molar-refractivity contribution >= 4 is 17.7 Å². The van der Waals surface area contributed by atoms with E-state index in [4.69, 9.17) is 9.47 Å². The largest absolute Gasteiger partial charge is 1.00 e. The number of anilines is 1. The molecule has 2 aromatic carbocycles. The van der Waals surface area contributed by atoms with Gasteiger partial charge in [-0.15, -0.1) is 0 Å². The van der Waals surface area contributed by atoms with Crippen LogP contribution in [0.5, 0.6) is 5.75 Å². The van der Waals surface area contributed by atoms with Crippen LogP contribution in [-0.2, 0) is 16.1 Å². The predicted octanol–water partition coefficient (Wildman–Crippen LogP) is 0.302. The minimum absolute atomic E-state index is 0. The fourth-order valence-electron chi connectivity index (χ4n) is 3.69. The number of pyridine rings is 1. The fourth-order valence-corrected chi connectivity index (χ4v) is 3.69. The van der Waals surface area contributed by atoms with Gasteiger partial charge in [-0.25, -0.2) is 13.8 Å². The summed E-state index contributed by atoms with van der Waals surface area (Å²) < 4.78 is 27.4. The summed E-state index contributed by atoms with van der Waals surface area (Å²) in [6.07, 6.45) is 2.77. The standard InChI is InChI=1S/C25H24FN3O4.BrH/c1-17(30)27-14-22-16-29(25(31)33-22)20-5-8-23(24(26)13-20)19-9-11-28(12-10-19)15-18-3-6-21(32-2)7-4-18;/h3-13,22H,14-16H2,1-2H3;1H/t22-;/m0./s1. The monoisotopic (exact) mass is 529 g/mol. The first kappa shape index (κ1) is 25.2. The van der Waals surface area contributed by atoms with Crippen molar-refractivity contribution in [3.63, 3.8) is 0 Å². The summed E-state index contributed by atoms with van der Waals surface area (Å²) >= 11 is 0. The van der Waals surface area contributed by atoms with Gasteiger partial charge in [0.1, 0.15) is 17.7 Å². The van der Waals surface area contributed by atoms with Crippen LogP contribution in [0.3, 0.4) is 0 Å². The quantitative estimate of drug-likeness (QED) is 0.447. The molecule has 1 aliphatic rings. The summed E-state index contributed by atoms with van der Waals surface area (Å²) in [7, 11) is 1.63. The van der Waals surface area contributed by atoms with Crippen LogP contribution in [0.15, 0.2) is 67.0 Å². The third-order valence-corrected chi connectivity index (χ3v) is 5.44. The average Bonchev–Trinajstić information content (AvgIpc) is 3.19. The van der Waals surface area contributed by atoms with Crippen molar-refractivity contribution in [3.05, 3.63) is 78.4 Å². The molecule has 0 spiro atoms. The van der Waals surface area contributed by atoms with E-state index < -0.39 is 18.0 Å². The maximum Gasteiger partial charge on any atom is 0.414 e. The number of hydrogen-bond donors (Lipinski definition) is 1. The Balaban J connectivity index is 0.00000324. The lowest BCUT2D eigenvalue weighted by atomic mass is 10.1. The SMILES string of the molecule is COc1ccc(C[n+]2ccc(-c3ccc(N4C[C@H](CNC(C)=O)OC4=O)cc3F)cc2)cc1.[Br-]. The lowest BCUT2D eigenvalue weighted by Crippen LogP contribution is -3.00. The molecule has 4 rings (SSSR count). The van der Waals surface area contributed by atoms with Crippen molar-refractivity contribution in [2.45, 2.75) is 19.6 Å². The van der Waals surface area contributed by atoms with Crippen LogP contribution in [0.2, 0.25) is 0 Å². The molecule has 34 heavy (non-hydrogen) atoms. The molecule has 0 unspecified atom stereocenters. The molecule has 1 saturated heterocycles. The maximum absolute atomic E-state index is 14.9. The summed E-state index contributed by atoms with van der Waals surface area (Å²) in [6, 6.07) is 16.2. The Morgan fingerprint density at radius 2 is 1.88 bits per heavy atom. The molecule has 1 N–H and O–H groups in total. The van der Waals surface area contributed by atoms with E-state index >= 15 is 0 Å². The van der Waals surface area contributed by atoms with Crippen molar-refractivity contribution in [1.29, 1.82) is 0 Å². The normalized spacial score (nSPS) is 14.9. The van der Waals surface area contributed by atoms with Crippen molar-refractivity contribution in [3.8, 4) is 16.9 Å². The van der Waals surface area contributed by atoms with E-state index in [9.17, 15) is 14.0 Å². The van der Waals surface area contributed by atoms with Gasteiger partial charge >= 0.3 is 6.09 Å². The molecule has 2 heterocycles. The number of amides is 2. The molecule has 1 fully saturated rings. The molecule has 3 aromatic rings. The van der Waals surface area contributed by atoms with Crippen LogP contribution in [0.4, 0.5) is 14.9 Å². The van der Waals surface area contributed by atoms with Gasteiger partial charge in [0.25, 0.3) is 0 Å². The zero-order valence-corrected chi connectivity index (χ0v) is 20.4. The number of hydrogen-bond acceptors (Lipinski definition) is 4. The van der Waals surface area contributed by atoms with Crippen LogP contribution >= 0.6 is 0 Å². The molecule has 1 aliphatic heterocycles. The van der Waals surface area contributed by atoms with Crippen molar-refractivity contribution < 1.29 is 45.0 Å². The third kappa shape index (κ3) is 5.91. The summed E-state index contributed by atoms with van der Waals surface area (Å²) in [5.74, 6) is 0.176. The maximum atomic E-state index is 14.9. The number of nitrogens with zero attached hydrogens (tertiary/aromatic N) is 2. The van der Waals surface area contributed by atoms with Crippen LogP contribution in [0.1, 0.15) is 12.5 Å². The Kier molecular flexibility index (Phi) is 8.22. The van der Waals surface area contributed by atoms with Gasteiger partial charge in [-0.05, 0) is 48.0 Å². The highest BCUT2D eigenvalue weighted by atomic mass is 79.9. The summed E-state index contributed by atoms with van der Waals surface area (Å²) in [4.78, 5) is 24.6. The second kappa shape index (κ2) is 11.1. The molecule has 9 heteroatoms. The van der Waals surface area contributed by atoms with Gasteiger partial charge in [-0.1, -0.05) is 0 Å². The molecular formula is C25H25BrFN3O4. The number of carbonyl (C=O) groups excluding carboxylic acids is 2. The molecule has 7 nitrogen and oxygen atoms in total. The lowest BCUT2D eigenvalue weighted by Gasteiger charge is -2.14. The smallest absolute Gasteiger partial charge is 0.414 e. The van der Waals surface area contributed by atoms with Crippen LogP contribution < -0.4 is 36.5 Å². The number of halogens is 2. The zero-order valence-electron chi connectivity index (χ0n) is 18.8. The fraction of sp³-hybridized carbons (Fsp3) is 0.240. The number of carbonyl (C=O) groups is 2. The highest BCUT2D eigenvalue weighted by Gasteiger charge is 2.32. The summed E-state index contributed by atoms with van der Waals surface area (Å²) in [5.41, 5.74) is 2.71. The van der Waals surface area contributed by atoms with Gasteiger partial charge in [0.15, 0.2) is 18.9 Å². The minimum Gasteiger partial charge on any atom is -1.00 e. The van der Waals surface area contributed by atoms with Gasteiger partial charge in [0.2, 0.25) is 5.91 Å². The van der Waals surface area contributed by atoms with Crippen molar-refractivity contribution in [2.24, 2.45) is 0 Å². The molecule has 1 atom stereocenters. The number of aromatic nitrogens is 1. The number of ether oxygens (including phenoxy) is 2. The topological polar surface area (TPSA) is 71.8 Å². The molecular weight excluding hydrogens is 505 g/mol. The average molecular weight is 530 g/mol. The summed E-state index contributed by atoms with van der Waals surface area (Å²) in [5, 5.41) is 2.62. The first-order valence-electron chi connectivity index (χ1n) is 10.6. The number of nitrogens with one attached hydrogen (secondary N) is 1. The van der Waals surface area contributed by atoms with E-state index in [1.807, 2.05) is 53.4 Å². The molecule has 0 radical (unpaired) electrons. The molecule has 1 aromatic heterocycles. The predicted molar refractivity (Wildman–Crippen MR) is 120 cm³/mol. The first-order valence-corrected chi connectivity index (χ1v) is 10.6. The van der Waals surface area contributed by atoms with E-state index in [0.717, 1.165) is 16.9 Å². The Hall–Kier alpha value is -3.46. The Bertz CT molecular complexity index is 1160. The minimum atomic E-state index is -0.559. The highest BCUT2D eigenvalue weighted by Crippen LogP contribution is 2.28. The Morgan fingerprint density at radius 3 is 2.50 bits per heavy atom. The molecule has 178 valence electrons. The highest BCUT2D eigenvalue weighted by molar-refractivity contribution is 5.90. The molecule has 0 saturated carbocycles. The number of benzene rings is 2. The Labute approximate surface area is 207 Å². The number of cyclic esters (lactones) is 1. The second-order valence-corrected chi connectivity index (χ2v) is 7.82. The van der Waals surface area contributed by atoms with Gasteiger partial charge in [0, 0.05) is 30.2 Å². The van der Waals surface area contributed by atoms with E-state index in [1.54, 1.807) is 19.2 Å². The third-order valence-electron chi connectivity index (χ3n) is 5.44. The molecule has 2 amide bonds. The van der Waals surface area contributed by atoms with E-state index in [-0.39, 0.29) is 36.0 Å². The van der Waals surface area contributed by atoms with E-state index in [2.05, 4.69) is 5.32 Å². The van der Waals surface area contributed by atoms with Crippen LogP contribution in [0, 0.1) is 5.82 Å². The van der Waals surface area contributed by atoms with E-state index in [0.29, 0.717) is 17.8 Å². The number of methoxy groups -OCH3 is 1. The zero-order chi connectivity index (χ0) is 23.4. The summed E-state index contributed by atoms with van der Waals surface area (Å²) in [6.45, 7) is 2.54. The lowest BCUT2D eigenvalue weighted by molar-refractivity contribution is -0.688. The van der Waals surface area contributed by atoms with Crippen LogP contribution in [0.25, 0.3) is 11.1 Å². The second-order valence-electron chi connectivity index (χ2n) is 7.82. The van der Waals surface area contributed by atoms with Gasteiger partial charge < -0.3 is 31.8 Å². The first-order chi connectivity index (χ1) is 15.9. The van der Waals surface area contributed by atoms with E-state index in [1.165, 1.54) is 17.9 Å². The van der Waals surface area contributed by atoms with Crippen molar-refractivity contribution in [1.82, 2.24) is 5.32 Å². The van der Waals surface area contributed by atoms with Crippen molar-refractivity contribution in [2.75, 3.05) is 25.1 Å². The molecule has 0 aliphatic carbocycles. The van der Waals surface area contributed by atoms with Gasteiger partial charge in [-0.2, -0.15) is 0 Å². The molecule has 0 bridgehead atoms. The number of rotatable bonds is 7. The van der Waals surface area contributed by atoms with Gasteiger partial charge in [-0.3, -0.25) is 9.69 Å². The Morgan fingerprint density at radius 1 is 1.18 bits per heavy atom.